The van der Waals surface area contributed by atoms with Crippen LogP contribution in [0.4, 0.5) is 4.79 Å². The predicted molar refractivity (Wildman–Crippen MR) is 118 cm³/mol. The van der Waals surface area contributed by atoms with Gasteiger partial charge in [-0.2, -0.15) is 0 Å². The molecule has 0 aromatic heterocycles. The first-order chi connectivity index (χ1) is 14.9. The largest absolute Gasteiger partial charge is 0.497 e. The van der Waals surface area contributed by atoms with Gasteiger partial charge in [0.15, 0.2) is 0 Å². The molecule has 4 amide bonds. The van der Waals surface area contributed by atoms with Gasteiger partial charge in [-0.15, -0.1) is 0 Å². The molecule has 0 unspecified atom stereocenters. The van der Waals surface area contributed by atoms with Crippen molar-refractivity contribution < 1.29 is 19.1 Å². The summed E-state index contributed by atoms with van der Waals surface area (Å²) in [6.45, 7) is 3.44. The SMILES string of the molecule is CC[C@@]1(c2ccc(OC)cc2)NC(=O)N(CC(=O)N[C@H](C)CCc2ccccc2)C1=O. The molecule has 7 nitrogen and oxygen atoms in total. The highest BCUT2D eigenvalue weighted by molar-refractivity contribution is 6.09. The van der Waals surface area contributed by atoms with Crippen molar-refractivity contribution in [2.24, 2.45) is 0 Å². The van der Waals surface area contributed by atoms with Crippen LogP contribution in [0.1, 0.15) is 37.8 Å². The zero-order valence-corrected chi connectivity index (χ0v) is 18.2. The van der Waals surface area contributed by atoms with Gasteiger partial charge < -0.3 is 15.4 Å². The van der Waals surface area contributed by atoms with Crippen LogP contribution in [0.15, 0.2) is 54.6 Å². The molecule has 2 N–H and O–H groups in total. The molecule has 1 saturated heterocycles. The quantitative estimate of drug-likeness (QED) is 0.607. The topological polar surface area (TPSA) is 87.7 Å². The van der Waals surface area contributed by atoms with E-state index in [0.29, 0.717) is 17.7 Å². The third-order valence-corrected chi connectivity index (χ3v) is 5.71. The van der Waals surface area contributed by atoms with Crippen LogP contribution in [0.5, 0.6) is 5.75 Å². The molecule has 164 valence electrons. The number of hydrogen-bond donors (Lipinski definition) is 2. The molecule has 1 aliphatic heterocycles. The fraction of sp³-hybridized carbons (Fsp3) is 0.375. The van der Waals surface area contributed by atoms with Crippen LogP contribution in [0.3, 0.4) is 0 Å². The standard InChI is InChI=1S/C24H29N3O4/c1-4-24(19-12-14-20(31-3)15-13-19)22(29)27(23(30)26-24)16-21(28)25-17(2)10-11-18-8-6-5-7-9-18/h5-9,12-15,17H,4,10-11,16H2,1-3H3,(H,25,28)(H,26,30)/t17-,24+/m1/s1. The maximum Gasteiger partial charge on any atom is 0.325 e. The number of benzene rings is 2. The van der Waals surface area contributed by atoms with E-state index < -0.39 is 17.5 Å². The van der Waals surface area contributed by atoms with E-state index in [1.165, 1.54) is 5.56 Å². The van der Waals surface area contributed by atoms with Gasteiger partial charge in [0, 0.05) is 6.04 Å². The fourth-order valence-electron chi connectivity index (χ4n) is 3.85. The lowest BCUT2D eigenvalue weighted by molar-refractivity contribution is -0.135. The van der Waals surface area contributed by atoms with Gasteiger partial charge in [-0.25, -0.2) is 4.79 Å². The average Bonchev–Trinajstić information content (AvgIpc) is 3.03. The van der Waals surface area contributed by atoms with Crippen LogP contribution in [-0.2, 0) is 21.5 Å². The number of amides is 4. The Balaban J connectivity index is 1.62. The number of rotatable bonds is 9. The number of carbonyl (C=O) groups is 3. The monoisotopic (exact) mass is 423 g/mol. The van der Waals surface area contributed by atoms with Crippen LogP contribution in [-0.4, -0.2) is 42.4 Å². The molecule has 1 aliphatic rings. The van der Waals surface area contributed by atoms with Crippen molar-refractivity contribution >= 4 is 17.8 Å². The highest BCUT2D eigenvalue weighted by Gasteiger charge is 2.51. The smallest absolute Gasteiger partial charge is 0.325 e. The second-order valence-corrected chi connectivity index (χ2v) is 7.80. The minimum Gasteiger partial charge on any atom is -0.497 e. The lowest BCUT2D eigenvalue weighted by Gasteiger charge is -2.26. The minimum absolute atomic E-state index is 0.0778. The van der Waals surface area contributed by atoms with Gasteiger partial charge in [-0.3, -0.25) is 14.5 Å². The molecule has 0 saturated carbocycles. The van der Waals surface area contributed by atoms with E-state index >= 15 is 0 Å². The van der Waals surface area contributed by atoms with Crippen LogP contribution in [0, 0.1) is 0 Å². The number of imide groups is 1. The number of urea groups is 1. The zero-order chi connectivity index (χ0) is 22.4. The number of nitrogens with zero attached hydrogens (tertiary/aromatic N) is 1. The Morgan fingerprint density at radius 1 is 1.13 bits per heavy atom. The number of ether oxygens (including phenoxy) is 1. The number of hydrogen-bond acceptors (Lipinski definition) is 4. The molecule has 2 aromatic rings. The highest BCUT2D eigenvalue weighted by atomic mass is 16.5. The van der Waals surface area contributed by atoms with Gasteiger partial charge in [0.25, 0.3) is 5.91 Å². The van der Waals surface area contributed by atoms with E-state index in [9.17, 15) is 14.4 Å². The molecule has 0 radical (unpaired) electrons. The van der Waals surface area contributed by atoms with Crippen molar-refractivity contribution in [3.05, 3.63) is 65.7 Å². The van der Waals surface area contributed by atoms with Crippen LogP contribution in [0.2, 0.25) is 0 Å². The lowest BCUT2D eigenvalue weighted by Crippen LogP contribution is -2.46. The fourth-order valence-corrected chi connectivity index (χ4v) is 3.85. The van der Waals surface area contributed by atoms with Gasteiger partial charge in [0.2, 0.25) is 5.91 Å². The second kappa shape index (κ2) is 9.64. The molecular weight excluding hydrogens is 394 g/mol. The third-order valence-electron chi connectivity index (χ3n) is 5.71. The number of methoxy groups -OCH3 is 1. The van der Waals surface area contributed by atoms with Crippen molar-refractivity contribution in [3.8, 4) is 5.75 Å². The Hall–Kier alpha value is -3.35. The molecule has 7 heteroatoms. The molecular formula is C24H29N3O4. The number of aryl methyl sites for hydroxylation is 1. The van der Waals surface area contributed by atoms with E-state index in [2.05, 4.69) is 10.6 Å². The molecule has 0 spiro atoms. The van der Waals surface area contributed by atoms with Crippen molar-refractivity contribution in [2.45, 2.75) is 44.7 Å². The molecule has 2 atom stereocenters. The van der Waals surface area contributed by atoms with Gasteiger partial charge in [-0.1, -0.05) is 49.4 Å². The van der Waals surface area contributed by atoms with Crippen LogP contribution < -0.4 is 15.4 Å². The van der Waals surface area contributed by atoms with Crippen molar-refractivity contribution in [1.82, 2.24) is 15.5 Å². The molecule has 2 aromatic carbocycles. The summed E-state index contributed by atoms with van der Waals surface area (Å²) >= 11 is 0. The second-order valence-electron chi connectivity index (χ2n) is 7.80. The van der Waals surface area contributed by atoms with Gasteiger partial charge in [0.1, 0.15) is 17.8 Å². The van der Waals surface area contributed by atoms with Crippen LogP contribution in [0.25, 0.3) is 0 Å². The molecule has 1 fully saturated rings. The van der Waals surface area contributed by atoms with E-state index in [1.54, 1.807) is 31.4 Å². The maximum atomic E-state index is 13.2. The van der Waals surface area contributed by atoms with E-state index in [4.69, 9.17) is 4.74 Å². The summed E-state index contributed by atoms with van der Waals surface area (Å²) in [7, 11) is 1.56. The van der Waals surface area contributed by atoms with Crippen LogP contribution >= 0.6 is 0 Å². The van der Waals surface area contributed by atoms with E-state index in [0.717, 1.165) is 17.7 Å². The summed E-state index contributed by atoms with van der Waals surface area (Å²) in [6.07, 6.45) is 1.97. The molecule has 0 bridgehead atoms. The Bertz CT molecular complexity index is 930. The Morgan fingerprint density at radius 2 is 1.81 bits per heavy atom. The summed E-state index contributed by atoms with van der Waals surface area (Å²) < 4.78 is 5.17. The maximum absolute atomic E-state index is 13.2. The van der Waals surface area contributed by atoms with Gasteiger partial charge >= 0.3 is 6.03 Å². The van der Waals surface area contributed by atoms with Crippen molar-refractivity contribution in [1.29, 1.82) is 0 Å². The van der Waals surface area contributed by atoms with Gasteiger partial charge in [0.05, 0.1) is 7.11 Å². The summed E-state index contributed by atoms with van der Waals surface area (Å²) in [5.74, 6) is -0.115. The Morgan fingerprint density at radius 3 is 2.42 bits per heavy atom. The molecule has 1 heterocycles. The number of nitrogens with one attached hydrogen (secondary N) is 2. The van der Waals surface area contributed by atoms with E-state index in [1.807, 2.05) is 44.2 Å². The van der Waals surface area contributed by atoms with Crippen molar-refractivity contribution in [3.63, 3.8) is 0 Å². The third kappa shape index (κ3) is 4.87. The first-order valence-corrected chi connectivity index (χ1v) is 10.5. The summed E-state index contributed by atoms with van der Waals surface area (Å²) in [5, 5.41) is 5.68. The summed E-state index contributed by atoms with van der Waals surface area (Å²) in [5.41, 5.74) is 0.681. The Kier molecular flexibility index (Phi) is 6.95. The van der Waals surface area contributed by atoms with E-state index in [-0.39, 0.29) is 18.5 Å². The Labute approximate surface area is 182 Å². The lowest BCUT2D eigenvalue weighted by atomic mass is 9.87. The zero-order valence-electron chi connectivity index (χ0n) is 18.2. The first kappa shape index (κ1) is 22.3. The first-order valence-electron chi connectivity index (χ1n) is 10.5. The number of carbonyl (C=O) groups excluding carboxylic acids is 3. The predicted octanol–water partition coefficient (Wildman–Crippen LogP) is 2.99. The minimum atomic E-state index is -1.18. The highest BCUT2D eigenvalue weighted by Crippen LogP contribution is 2.33. The van der Waals surface area contributed by atoms with Crippen molar-refractivity contribution in [2.75, 3.05) is 13.7 Å². The normalized spacial score (nSPS) is 19.1. The molecule has 0 aliphatic carbocycles. The molecule has 3 rings (SSSR count). The summed E-state index contributed by atoms with van der Waals surface area (Å²) in [6, 6.07) is 16.4. The molecule has 31 heavy (non-hydrogen) atoms. The summed E-state index contributed by atoms with van der Waals surface area (Å²) in [4.78, 5) is 39.3. The van der Waals surface area contributed by atoms with Gasteiger partial charge in [-0.05, 0) is 49.4 Å². The average molecular weight is 424 g/mol.